The molecule has 4 nitrogen and oxygen atoms in total. The van der Waals surface area contributed by atoms with Crippen LogP contribution in [0.25, 0.3) is 0 Å². The molecular weight excluding hydrogens is 168 g/mol. The maximum absolute atomic E-state index is 8.54. The van der Waals surface area contributed by atoms with Crippen LogP contribution in [0.1, 0.15) is 27.2 Å². The molecule has 0 saturated heterocycles. The molecule has 0 rings (SSSR count). The fourth-order valence-electron chi connectivity index (χ4n) is 0.712. The van der Waals surface area contributed by atoms with Crippen molar-refractivity contribution in [2.45, 2.75) is 27.2 Å². The van der Waals surface area contributed by atoms with Crippen LogP contribution in [0.3, 0.4) is 0 Å². The van der Waals surface area contributed by atoms with E-state index in [0.717, 1.165) is 5.57 Å². The maximum atomic E-state index is 8.54. The summed E-state index contributed by atoms with van der Waals surface area (Å²) in [5.41, 5.74) is 2.01. The van der Waals surface area contributed by atoms with Crippen LogP contribution in [0.15, 0.2) is 22.5 Å². The van der Waals surface area contributed by atoms with Gasteiger partial charge in [0.15, 0.2) is 0 Å². The van der Waals surface area contributed by atoms with Gasteiger partial charge in [0.1, 0.15) is 18.0 Å². The molecule has 0 spiro atoms. The molecule has 0 fully saturated rings. The van der Waals surface area contributed by atoms with Crippen LogP contribution in [0, 0.1) is 0 Å². The molecule has 74 valence electrons. The second kappa shape index (κ2) is 6.22. The summed E-state index contributed by atoms with van der Waals surface area (Å²) < 4.78 is 0. The first-order chi connectivity index (χ1) is 6.11. The highest BCUT2D eigenvalue weighted by Gasteiger charge is 2.05. The third-order valence-corrected chi connectivity index (χ3v) is 1.34. The van der Waals surface area contributed by atoms with Gasteiger partial charge >= 0.3 is 0 Å². The van der Waals surface area contributed by atoms with Gasteiger partial charge in [0, 0.05) is 6.42 Å². The van der Waals surface area contributed by atoms with E-state index in [1.54, 1.807) is 6.92 Å². The van der Waals surface area contributed by atoms with Crippen molar-refractivity contribution in [3.63, 3.8) is 0 Å². The molecule has 0 saturated carbocycles. The van der Waals surface area contributed by atoms with Crippen LogP contribution in [0.5, 0.6) is 0 Å². The van der Waals surface area contributed by atoms with E-state index in [4.69, 9.17) is 10.0 Å². The van der Waals surface area contributed by atoms with Crippen LogP contribution in [-0.4, -0.2) is 23.2 Å². The molecule has 0 aliphatic carbocycles. The van der Waals surface area contributed by atoms with Crippen molar-refractivity contribution in [3.8, 4) is 0 Å². The monoisotopic (exact) mass is 184 g/mol. The van der Waals surface area contributed by atoms with Crippen LogP contribution in [0.4, 0.5) is 0 Å². The molecule has 0 bridgehead atoms. The van der Waals surface area contributed by atoms with Crippen molar-refractivity contribution in [2.24, 2.45) is 10.3 Å². The summed E-state index contributed by atoms with van der Waals surface area (Å²) in [4.78, 5) is 4.87. The molecule has 0 atom stereocenters. The summed E-state index contributed by atoms with van der Waals surface area (Å²) in [6.45, 7) is 9.63. The van der Waals surface area contributed by atoms with Gasteiger partial charge in [-0.15, -0.1) is 0 Å². The molecule has 0 aromatic rings. The summed E-state index contributed by atoms with van der Waals surface area (Å²) >= 11 is 0. The molecular formula is C9H16N2O2. The highest BCUT2D eigenvalue weighted by Crippen LogP contribution is 2.01. The van der Waals surface area contributed by atoms with Gasteiger partial charge < -0.3 is 10.0 Å². The Kier molecular flexibility index (Phi) is 5.59. The van der Waals surface area contributed by atoms with E-state index >= 15 is 0 Å². The number of oxime groups is 2. The first kappa shape index (κ1) is 11.7. The Balaban J connectivity index is 4.45. The lowest BCUT2D eigenvalue weighted by Gasteiger charge is -2.03. The zero-order valence-corrected chi connectivity index (χ0v) is 8.37. The molecule has 4 heteroatoms. The Labute approximate surface area is 78.6 Å². The zero-order chi connectivity index (χ0) is 10.3. The molecule has 0 amide bonds. The second-order valence-corrected chi connectivity index (χ2v) is 2.78. The predicted octanol–water partition coefficient (Wildman–Crippen LogP) is 2.20. The van der Waals surface area contributed by atoms with Gasteiger partial charge in [-0.2, -0.15) is 0 Å². The SMILES string of the molecule is C=C(C)CC(=NOCC)C(C)=NO. The molecule has 0 aliphatic heterocycles. The van der Waals surface area contributed by atoms with Crippen LogP contribution in [0.2, 0.25) is 0 Å². The number of rotatable bonds is 5. The highest BCUT2D eigenvalue weighted by molar-refractivity contribution is 6.41. The van der Waals surface area contributed by atoms with Crippen molar-refractivity contribution >= 4 is 11.4 Å². The van der Waals surface area contributed by atoms with Crippen molar-refractivity contribution in [1.82, 2.24) is 0 Å². The highest BCUT2D eigenvalue weighted by atomic mass is 16.6. The second-order valence-electron chi connectivity index (χ2n) is 2.78. The smallest absolute Gasteiger partial charge is 0.114 e. The summed E-state index contributed by atoms with van der Waals surface area (Å²) in [6.07, 6.45) is 0.565. The van der Waals surface area contributed by atoms with Gasteiger partial charge in [0.05, 0.1) is 0 Å². The van der Waals surface area contributed by atoms with E-state index < -0.39 is 0 Å². The molecule has 0 aromatic carbocycles. The van der Waals surface area contributed by atoms with Gasteiger partial charge in [-0.05, 0) is 20.8 Å². The normalized spacial score (nSPS) is 12.8. The number of hydrogen-bond donors (Lipinski definition) is 1. The molecule has 0 aliphatic rings. The van der Waals surface area contributed by atoms with E-state index in [1.165, 1.54) is 0 Å². The third-order valence-electron chi connectivity index (χ3n) is 1.34. The summed E-state index contributed by atoms with van der Waals surface area (Å²) in [7, 11) is 0. The van der Waals surface area contributed by atoms with Gasteiger partial charge in [-0.1, -0.05) is 22.5 Å². The van der Waals surface area contributed by atoms with Crippen LogP contribution in [-0.2, 0) is 4.84 Å². The standard InChI is InChI=1S/C9H16N2O2/c1-5-13-11-9(6-7(2)3)8(4)10-12/h12H,2,5-6H2,1,3-4H3. The number of allylic oxidation sites excluding steroid dienone is 1. The van der Waals surface area contributed by atoms with Crippen molar-refractivity contribution in [2.75, 3.05) is 6.61 Å². The van der Waals surface area contributed by atoms with Crippen molar-refractivity contribution < 1.29 is 10.0 Å². The molecule has 0 radical (unpaired) electrons. The summed E-state index contributed by atoms with van der Waals surface area (Å²) in [5, 5.41) is 15.4. The fourth-order valence-corrected chi connectivity index (χ4v) is 0.712. The summed E-state index contributed by atoms with van der Waals surface area (Å²) in [6, 6.07) is 0. The Morgan fingerprint density at radius 2 is 2.08 bits per heavy atom. The molecule has 1 N–H and O–H groups in total. The lowest BCUT2D eigenvalue weighted by molar-refractivity contribution is 0.159. The van der Waals surface area contributed by atoms with E-state index in [2.05, 4.69) is 16.9 Å². The minimum Gasteiger partial charge on any atom is -0.411 e. The van der Waals surface area contributed by atoms with E-state index in [-0.39, 0.29) is 0 Å². The molecule has 0 heterocycles. The topological polar surface area (TPSA) is 54.2 Å². The minimum absolute atomic E-state index is 0.455. The Hall–Kier alpha value is -1.32. The quantitative estimate of drug-likeness (QED) is 0.308. The van der Waals surface area contributed by atoms with E-state index in [1.807, 2.05) is 13.8 Å². The van der Waals surface area contributed by atoms with Gasteiger partial charge in [-0.25, -0.2) is 0 Å². The third kappa shape index (κ3) is 5.00. The lowest BCUT2D eigenvalue weighted by Crippen LogP contribution is -2.11. The summed E-state index contributed by atoms with van der Waals surface area (Å²) in [5.74, 6) is 0. The first-order valence-corrected chi connectivity index (χ1v) is 4.14. The average molecular weight is 184 g/mol. The number of hydrogen-bond acceptors (Lipinski definition) is 4. The van der Waals surface area contributed by atoms with Gasteiger partial charge in [-0.3, -0.25) is 0 Å². The molecule has 0 unspecified atom stereocenters. The van der Waals surface area contributed by atoms with Crippen LogP contribution >= 0.6 is 0 Å². The number of nitrogens with zero attached hydrogens (tertiary/aromatic N) is 2. The average Bonchev–Trinajstić information content (AvgIpc) is 2.10. The molecule has 0 aromatic heterocycles. The van der Waals surface area contributed by atoms with Crippen molar-refractivity contribution in [3.05, 3.63) is 12.2 Å². The van der Waals surface area contributed by atoms with E-state index in [9.17, 15) is 0 Å². The van der Waals surface area contributed by atoms with Gasteiger partial charge in [0.25, 0.3) is 0 Å². The Morgan fingerprint density at radius 3 is 2.46 bits per heavy atom. The minimum atomic E-state index is 0.455. The largest absolute Gasteiger partial charge is 0.411 e. The predicted molar refractivity (Wildman–Crippen MR) is 53.4 cm³/mol. The van der Waals surface area contributed by atoms with Gasteiger partial charge in [0.2, 0.25) is 0 Å². The van der Waals surface area contributed by atoms with E-state index in [0.29, 0.717) is 24.5 Å². The lowest BCUT2D eigenvalue weighted by atomic mass is 10.1. The van der Waals surface area contributed by atoms with Crippen LogP contribution < -0.4 is 0 Å². The fraction of sp³-hybridized carbons (Fsp3) is 0.556. The first-order valence-electron chi connectivity index (χ1n) is 4.14. The zero-order valence-electron chi connectivity index (χ0n) is 8.37. The van der Waals surface area contributed by atoms with Crippen molar-refractivity contribution in [1.29, 1.82) is 0 Å². The Bertz CT molecular complexity index is 232. The molecule has 13 heavy (non-hydrogen) atoms. The maximum Gasteiger partial charge on any atom is 0.114 e. The Morgan fingerprint density at radius 1 is 1.46 bits per heavy atom.